The monoisotopic (exact) mass is 511 g/mol. The molecule has 0 atom stereocenters. The quantitative estimate of drug-likeness (QED) is 0.237. The lowest BCUT2D eigenvalue weighted by Crippen LogP contribution is -1.95. The Hall–Kier alpha value is -5.66. The summed E-state index contributed by atoms with van der Waals surface area (Å²) in [5.74, 6) is 0. The summed E-state index contributed by atoms with van der Waals surface area (Å²) in [6.45, 7) is 0. The van der Waals surface area contributed by atoms with Crippen LogP contribution in [0.15, 0.2) is 132 Å². The standard InChI is InChI=1S/C36H21N3O/c37-20-23-18-25(22-38-21-23)28-11-2-1-10-27(28)24-8-7-9-26(19-24)39-32-14-5-3-13-31(32)35-33(39)17-16-30-29-12-4-6-15-34(29)40-36(30)35/h1-19,21-22H. The van der Waals surface area contributed by atoms with Crippen molar-refractivity contribution < 1.29 is 4.42 Å². The predicted molar refractivity (Wildman–Crippen MR) is 161 cm³/mol. The third-order valence-corrected chi connectivity index (χ3v) is 7.70. The second kappa shape index (κ2) is 8.69. The maximum absolute atomic E-state index is 9.42. The van der Waals surface area contributed by atoms with Crippen molar-refractivity contribution in [3.63, 3.8) is 0 Å². The Kier molecular flexibility index (Phi) is 4.85. The average molecular weight is 512 g/mol. The van der Waals surface area contributed by atoms with Gasteiger partial charge in [0.25, 0.3) is 0 Å². The van der Waals surface area contributed by atoms with Crippen molar-refractivity contribution in [1.82, 2.24) is 9.55 Å². The highest BCUT2D eigenvalue weighted by molar-refractivity contribution is 6.23. The summed E-state index contributed by atoms with van der Waals surface area (Å²) in [4.78, 5) is 4.30. The summed E-state index contributed by atoms with van der Waals surface area (Å²) in [5.41, 5.74) is 9.79. The van der Waals surface area contributed by atoms with E-state index in [1.807, 2.05) is 36.5 Å². The molecule has 4 nitrogen and oxygen atoms in total. The van der Waals surface area contributed by atoms with Crippen LogP contribution in [0.2, 0.25) is 0 Å². The van der Waals surface area contributed by atoms with Crippen LogP contribution in [0, 0.1) is 11.3 Å². The molecule has 0 aliphatic rings. The van der Waals surface area contributed by atoms with Gasteiger partial charge in [-0.05, 0) is 59.2 Å². The number of aromatic nitrogens is 2. The molecule has 8 aromatic rings. The number of nitriles is 1. The fraction of sp³-hybridized carbons (Fsp3) is 0. The van der Waals surface area contributed by atoms with E-state index in [9.17, 15) is 5.26 Å². The van der Waals surface area contributed by atoms with E-state index in [-0.39, 0.29) is 0 Å². The summed E-state index contributed by atoms with van der Waals surface area (Å²) >= 11 is 0. The number of furan rings is 1. The van der Waals surface area contributed by atoms with E-state index in [0.29, 0.717) is 5.56 Å². The van der Waals surface area contributed by atoms with Gasteiger partial charge in [0.2, 0.25) is 0 Å². The van der Waals surface area contributed by atoms with Crippen LogP contribution < -0.4 is 0 Å². The lowest BCUT2D eigenvalue weighted by molar-refractivity contribution is 0.673. The summed E-state index contributed by atoms with van der Waals surface area (Å²) in [6.07, 6.45) is 3.41. The molecule has 8 rings (SSSR count). The highest BCUT2D eigenvalue weighted by atomic mass is 16.3. The van der Waals surface area contributed by atoms with Gasteiger partial charge in [-0.3, -0.25) is 4.98 Å². The van der Waals surface area contributed by atoms with Crippen LogP contribution in [0.25, 0.3) is 71.7 Å². The number of fused-ring (bicyclic) bond motifs is 7. The van der Waals surface area contributed by atoms with Crippen molar-refractivity contribution in [1.29, 1.82) is 5.26 Å². The zero-order chi connectivity index (χ0) is 26.6. The van der Waals surface area contributed by atoms with E-state index in [4.69, 9.17) is 4.42 Å². The lowest BCUT2D eigenvalue weighted by atomic mass is 9.94. The van der Waals surface area contributed by atoms with E-state index in [2.05, 4.69) is 101 Å². The van der Waals surface area contributed by atoms with Gasteiger partial charge in [-0.25, -0.2) is 0 Å². The predicted octanol–water partition coefficient (Wildman–Crippen LogP) is 9.28. The number of para-hydroxylation sites is 2. The molecule has 0 bridgehead atoms. The molecule has 0 fully saturated rings. The molecule has 4 heteroatoms. The van der Waals surface area contributed by atoms with E-state index < -0.39 is 0 Å². The van der Waals surface area contributed by atoms with Crippen LogP contribution >= 0.6 is 0 Å². The summed E-state index contributed by atoms with van der Waals surface area (Å²) in [5, 5.41) is 14.0. The van der Waals surface area contributed by atoms with Gasteiger partial charge in [-0.2, -0.15) is 5.26 Å². The minimum Gasteiger partial charge on any atom is -0.455 e. The first-order valence-corrected chi connectivity index (χ1v) is 13.2. The third kappa shape index (κ3) is 3.28. The fourth-order valence-electron chi connectivity index (χ4n) is 5.96. The highest BCUT2D eigenvalue weighted by Gasteiger charge is 2.19. The summed E-state index contributed by atoms with van der Waals surface area (Å²) < 4.78 is 8.78. The Morgan fingerprint density at radius 3 is 2.27 bits per heavy atom. The zero-order valence-electron chi connectivity index (χ0n) is 21.4. The van der Waals surface area contributed by atoms with Crippen molar-refractivity contribution >= 4 is 43.7 Å². The van der Waals surface area contributed by atoms with Crippen LogP contribution in [0.4, 0.5) is 0 Å². The molecule has 0 radical (unpaired) electrons. The lowest BCUT2D eigenvalue weighted by Gasteiger charge is -2.13. The molecule has 0 saturated heterocycles. The van der Waals surface area contributed by atoms with Crippen molar-refractivity contribution in [2.45, 2.75) is 0 Å². The number of nitrogens with zero attached hydrogens (tertiary/aromatic N) is 3. The summed E-state index contributed by atoms with van der Waals surface area (Å²) in [7, 11) is 0. The van der Waals surface area contributed by atoms with Gasteiger partial charge < -0.3 is 8.98 Å². The minimum atomic E-state index is 0.545. The van der Waals surface area contributed by atoms with Crippen molar-refractivity contribution in [2.75, 3.05) is 0 Å². The molecule has 0 saturated carbocycles. The molecule has 0 unspecified atom stereocenters. The van der Waals surface area contributed by atoms with E-state index >= 15 is 0 Å². The van der Waals surface area contributed by atoms with Gasteiger partial charge in [0.1, 0.15) is 17.2 Å². The van der Waals surface area contributed by atoms with Crippen molar-refractivity contribution in [3.05, 3.63) is 133 Å². The highest BCUT2D eigenvalue weighted by Crippen LogP contribution is 2.41. The van der Waals surface area contributed by atoms with Gasteiger partial charge in [0.05, 0.1) is 22.0 Å². The second-order valence-electron chi connectivity index (χ2n) is 9.96. The van der Waals surface area contributed by atoms with Gasteiger partial charge in [-0.1, -0.05) is 72.8 Å². The topological polar surface area (TPSA) is 54.8 Å². The van der Waals surface area contributed by atoms with Gasteiger partial charge in [0.15, 0.2) is 0 Å². The number of hydrogen-bond donors (Lipinski definition) is 0. The molecule has 0 N–H and O–H groups in total. The molecular weight excluding hydrogens is 490 g/mol. The fourth-order valence-corrected chi connectivity index (χ4v) is 5.96. The van der Waals surface area contributed by atoms with E-state index in [1.165, 1.54) is 0 Å². The minimum absolute atomic E-state index is 0.545. The largest absolute Gasteiger partial charge is 0.455 e. The molecule has 40 heavy (non-hydrogen) atoms. The molecule has 0 amide bonds. The van der Waals surface area contributed by atoms with Crippen molar-refractivity contribution in [2.24, 2.45) is 0 Å². The van der Waals surface area contributed by atoms with Crippen LogP contribution in [0.5, 0.6) is 0 Å². The third-order valence-electron chi connectivity index (χ3n) is 7.70. The second-order valence-corrected chi connectivity index (χ2v) is 9.96. The Labute approximate surface area is 230 Å². The molecule has 3 aromatic heterocycles. The Balaban J connectivity index is 1.38. The normalized spacial score (nSPS) is 11.5. The van der Waals surface area contributed by atoms with Crippen molar-refractivity contribution in [3.8, 4) is 34.0 Å². The SMILES string of the molecule is N#Cc1cncc(-c2ccccc2-c2cccc(-n3c4ccccc4c4c5oc6ccccc6c5ccc43)c2)c1. The Bertz CT molecular complexity index is 2300. The first-order valence-electron chi connectivity index (χ1n) is 13.2. The molecular formula is C36H21N3O. The number of hydrogen-bond acceptors (Lipinski definition) is 3. The number of pyridine rings is 1. The molecule has 3 heterocycles. The zero-order valence-corrected chi connectivity index (χ0v) is 21.4. The molecule has 0 aliphatic carbocycles. The van der Waals surface area contributed by atoms with Gasteiger partial charge >= 0.3 is 0 Å². The van der Waals surface area contributed by atoms with E-state index in [1.54, 1.807) is 6.20 Å². The maximum Gasteiger partial charge on any atom is 0.145 e. The maximum atomic E-state index is 9.42. The van der Waals surface area contributed by atoms with Crippen LogP contribution in [-0.2, 0) is 0 Å². The first kappa shape index (κ1) is 22.3. The van der Waals surface area contributed by atoms with Crippen LogP contribution in [0.3, 0.4) is 0 Å². The Morgan fingerprint density at radius 2 is 1.40 bits per heavy atom. The summed E-state index contributed by atoms with van der Waals surface area (Å²) in [6, 6.07) is 42.1. The Morgan fingerprint density at radius 1 is 0.625 bits per heavy atom. The molecule has 0 aliphatic heterocycles. The molecule has 186 valence electrons. The van der Waals surface area contributed by atoms with E-state index in [0.717, 1.165) is 71.7 Å². The van der Waals surface area contributed by atoms with Gasteiger partial charge in [0, 0.05) is 39.8 Å². The average Bonchev–Trinajstić information content (AvgIpc) is 3.57. The molecule has 5 aromatic carbocycles. The van der Waals surface area contributed by atoms with Crippen LogP contribution in [0.1, 0.15) is 5.56 Å². The smallest absolute Gasteiger partial charge is 0.145 e. The van der Waals surface area contributed by atoms with Gasteiger partial charge in [-0.15, -0.1) is 0 Å². The molecule has 0 spiro atoms. The number of benzene rings is 5. The number of rotatable bonds is 3. The first-order chi connectivity index (χ1) is 19.8. The van der Waals surface area contributed by atoms with Crippen LogP contribution in [-0.4, -0.2) is 9.55 Å².